The maximum Gasteiger partial charge on any atom is 0.220 e. The lowest BCUT2D eigenvalue weighted by Crippen LogP contribution is -2.66. The third-order valence-electron chi connectivity index (χ3n) is 10.7. The number of halogens is 2. The third-order valence-corrected chi connectivity index (χ3v) is 11.5. The van der Waals surface area contributed by atoms with Gasteiger partial charge in [0.15, 0.2) is 0 Å². The molecular weight excluding hydrogens is 687 g/mol. The highest BCUT2D eigenvalue weighted by Crippen LogP contribution is 2.45. The standard InChI is InChI=1S/C39H40Cl2N6O4/c1-50-37-23(19-47-20-39(21-47)16-15-33(49)46-39)10-12-29(44-37)27-7-3-5-25(35(27)40)26-6-4-8-28(36(26)41)31-17-22-9-13-30(34(22)38(45-31)51-2)42-18-24-11-14-32(48)43-24/h3-8,10,12,17,24,30,42H,9,11,13-16,18-21H2,1-2H3,(H,43,48)(H,46,49). The van der Waals surface area contributed by atoms with Gasteiger partial charge in [0.05, 0.1) is 41.2 Å². The molecule has 2 atom stereocenters. The Kier molecular flexibility index (Phi) is 9.12. The van der Waals surface area contributed by atoms with Gasteiger partial charge in [0.1, 0.15) is 0 Å². The fourth-order valence-corrected chi connectivity index (χ4v) is 8.83. The molecule has 51 heavy (non-hydrogen) atoms. The van der Waals surface area contributed by atoms with Crippen molar-refractivity contribution >= 4 is 35.0 Å². The normalized spacial score (nSPS) is 20.6. The zero-order valence-corrected chi connectivity index (χ0v) is 30.2. The van der Waals surface area contributed by atoms with Crippen molar-refractivity contribution < 1.29 is 19.1 Å². The SMILES string of the molecule is COc1nc(-c2cccc(-c3cccc(-c4cc5c(c(OC)n4)C(NCC4CCC(=O)N4)CC5)c3Cl)c2Cl)ccc1CN1CC2(CCC(=O)N2)C1. The van der Waals surface area contributed by atoms with Crippen molar-refractivity contribution in [3.05, 3.63) is 81.3 Å². The molecule has 1 aliphatic carbocycles. The van der Waals surface area contributed by atoms with Gasteiger partial charge in [-0.15, -0.1) is 0 Å². The number of amides is 2. The molecule has 0 radical (unpaired) electrons. The minimum absolute atomic E-state index is 0.0792. The highest BCUT2D eigenvalue weighted by molar-refractivity contribution is 6.39. The Morgan fingerprint density at radius 3 is 2.18 bits per heavy atom. The number of benzene rings is 2. The minimum atomic E-state index is -0.0792. The Labute approximate surface area is 307 Å². The number of hydrogen-bond donors (Lipinski definition) is 3. The molecular formula is C39H40Cl2N6O4. The summed E-state index contributed by atoms with van der Waals surface area (Å²) in [5.74, 6) is 1.38. The maximum atomic E-state index is 11.8. The summed E-state index contributed by atoms with van der Waals surface area (Å²) in [4.78, 5) is 35.6. The van der Waals surface area contributed by atoms with Crippen molar-refractivity contribution in [3.63, 3.8) is 0 Å². The molecule has 0 saturated carbocycles. The van der Waals surface area contributed by atoms with E-state index < -0.39 is 0 Å². The molecule has 264 valence electrons. The van der Waals surface area contributed by atoms with Crippen molar-refractivity contribution in [2.24, 2.45) is 0 Å². The van der Waals surface area contributed by atoms with Gasteiger partial charge in [-0.2, -0.15) is 0 Å². The summed E-state index contributed by atoms with van der Waals surface area (Å²) in [5.41, 5.74) is 7.70. The number of likely N-dealkylation sites (tertiary alicyclic amines) is 1. The summed E-state index contributed by atoms with van der Waals surface area (Å²) in [5, 5.41) is 10.9. The van der Waals surface area contributed by atoms with Gasteiger partial charge in [-0.3, -0.25) is 14.5 Å². The third kappa shape index (κ3) is 6.43. The summed E-state index contributed by atoms with van der Waals surface area (Å²) >= 11 is 14.4. The molecule has 3 aliphatic heterocycles. The second-order valence-electron chi connectivity index (χ2n) is 14.1. The zero-order valence-electron chi connectivity index (χ0n) is 28.7. The van der Waals surface area contributed by atoms with E-state index in [-0.39, 0.29) is 29.4 Å². The quantitative estimate of drug-likeness (QED) is 0.179. The van der Waals surface area contributed by atoms with Crippen LogP contribution >= 0.6 is 23.2 Å². The predicted octanol–water partition coefficient (Wildman–Crippen LogP) is 6.12. The molecule has 2 aromatic carbocycles. The predicted molar refractivity (Wildman–Crippen MR) is 197 cm³/mol. The molecule has 2 unspecified atom stereocenters. The molecule has 8 rings (SSSR count). The monoisotopic (exact) mass is 726 g/mol. The van der Waals surface area contributed by atoms with E-state index in [9.17, 15) is 9.59 Å². The molecule has 3 saturated heterocycles. The molecule has 4 aromatic rings. The van der Waals surface area contributed by atoms with Gasteiger partial charge in [0.2, 0.25) is 23.6 Å². The van der Waals surface area contributed by atoms with Gasteiger partial charge in [0, 0.05) is 84.5 Å². The van der Waals surface area contributed by atoms with E-state index in [1.807, 2.05) is 48.5 Å². The Bertz CT molecular complexity index is 2030. The molecule has 4 aliphatic rings. The number of ether oxygens (including phenoxy) is 2. The molecule has 0 bridgehead atoms. The Morgan fingerprint density at radius 1 is 0.843 bits per heavy atom. The van der Waals surface area contributed by atoms with Crippen molar-refractivity contribution in [2.45, 2.75) is 62.7 Å². The molecule has 1 spiro atoms. The Balaban J connectivity index is 1.04. The summed E-state index contributed by atoms with van der Waals surface area (Å²) in [6.45, 7) is 3.04. The first kappa shape index (κ1) is 33.9. The topological polar surface area (TPSA) is 118 Å². The number of fused-ring (bicyclic) bond motifs is 1. The smallest absolute Gasteiger partial charge is 0.220 e. The Morgan fingerprint density at radius 2 is 1.53 bits per heavy atom. The second kappa shape index (κ2) is 13.7. The van der Waals surface area contributed by atoms with Crippen LogP contribution in [0, 0.1) is 0 Å². The molecule has 3 fully saturated rings. The van der Waals surface area contributed by atoms with Crippen LogP contribution in [0.3, 0.4) is 0 Å². The number of rotatable bonds is 10. The number of carbonyl (C=O) groups excluding carboxylic acids is 2. The number of nitrogens with zero attached hydrogens (tertiary/aromatic N) is 3. The van der Waals surface area contributed by atoms with Crippen LogP contribution in [0.25, 0.3) is 33.6 Å². The van der Waals surface area contributed by atoms with Gasteiger partial charge < -0.3 is 25.4 Å². The number of carbonyl (C=O) groups is 2. The van der Waals surface area contributed by atoms with Crippen LogP contribution in [-0.4, -0.2) is 72.1 Å². The van der Waals surface area contributed by atoms with Crippen molar-refractivity contribution in [1.29, 1.82) is 0 Å². The number of nitrogens with one attached hydrogen (secondary N) is 3. The fourth-order valence-electron chi connectivity index (χ4n) is 8.18. The molecule has 5 heterocycles. The van der Waals surface area contributed by atoms with E-state index in [1.165, 1.54) is 5.56 Å². The van der Waals surface area contributed by atoms with Gasteiger partial charge in [-0.1, -0.05) is 65.7 Å². The highest BCUT2D eigenvalue weighted by Gasteiger charge is 2.47. The summed E-state index contributed by atoms with van der Waals surface area (Å²) < 4.78 is 11.6. The molecule has 2 amide bonds. The summed E-state index contributed by atoms with van der Waals surface area (Å²) in [7, 11) is 3.28. The maximum absolute atomic E-state index is 11.8. The van der Waals surface area contributed by atoms with Gasteiger partial charge in [0.25, 0.3) is 0 Å². The first-order valence-corrected chi connectivity index (χ1v) is 18.3. The van der Waals surface area contributed by atoms with Crippen LogP contribution in [-0.2, 0) is 22.6 Å². The zero-order chi connectivity index (χ0) is 35.3. The second-order valence-corrected chi connectivity index (χ2v) is 14.8. The van der Waals surface area contributed by atoms with E-state index in [0.29, 0.717) is 53.4 Å². The number of aryl methyl sites for hydroxylation is 1. The van der Waals surface area contributed by atoms with Crippen LogP contribution in [0.2, 0.25) is 10.0 Å². The molecule has 10 nitrogen and oxygen atoms in total. The van der Waals surface area contributed by atoms with Crippen LogP contribution < -0.4 is 25.4 Å². The number of aromatic nitrogens is 2. The minimum Gasteiger partial charge on any atom is -0.481 e. The number of hydrogen-bond acceptors (Lipinski definition) is 8. The van der Waals surface area contributed by atoms with Crippen LogP contribution in [0.1, 0.15) is 54.8 Å². The fraction of sp³-hybridized carbons (Fsp3) is 0.385. The number of methoxy groups -OCH3 is 2. The average Bonchev–Trinajstić information content (AvgIpc) is 3.85. The lowest BCUT2D eigenvalue weighted by atomic mass is 9.88. The lowest BCUT2D eigenvalue weighted by molar-refractivity contribution is -0.121. The Hall–Kier alpha value is -4.22. The van der Waals surface area contributed by atoms with E-state index in [2.05, 4.69) is 26.9 Å². The van der Waals surface area contributed by atoms with Gasteiger partial charge in [-0.25, -0.2) is 9.97 Å². The van der Waals surface area contributed by atoms with E-state index in [0.717, 1.165) is 77.8 Å². The highest BCUT2D eigenvalue weighted by atomic mass is 35.5. The first-order valence-electron chi connectivity index (χ1n) is 17.5. The lowest BCUT2D eigenvalue weighted by Gasteiger charge is -2.48. The van der Waals surface area contributed by atoms with Crippen LogP contribution in [0.4, 0.5) is 0 Å². The van der Waals surface area contributed by atoms with Crippen molar-refractivity contribution in [2.75, 3.05) is 33.9 Å². The molecule has 3 N–H and O–H groups in total. The average molecular weight is 728 g/mol. The largest absolute Gasteiger partial charge is 0.481 e. The van der Waals surface area contributed by atoms with Gasteiger partial charge >= 0.3 is 0 Å². The summed E-state index contributed by atoms with van der Waals surface area (Å²) in [6, 6.07) is 18.1. The van der Waals surface area contributed by atoms with Crippen LogP contribution in [0.5, 0.6) is 11.8 Å². The summed E-state index contributed by atoms with van der Waals surface area (Å²) in [6.07, 6.45) is 4.73. The van der Waals surface area contributed by atoms with E-state index in [4.69, 9.17) is 42.6 Å². The van der Waals surface area contributed by atoms with Crippen LogP contribution in [0.15, 0.2) is 54.6 Å². The first-order chi connectivity index (χ1) is 24.7. The van der Waals surface area contributed by atoms with E-state index >= 15 is 0 Å². The van der Waals surface area contributed by atoms with Gasteiger partial charge in [-0.05, 0) is 43.4 Å². The molecule has 2 aromatic heterocycles. The van der Waals surface area contributed by atoms with E-state index in [1.54, 1.807) is 14.2 Å². The number of pyridine rings is 2. The van der Waals surface area contributed by atoms with Crippen molar-refractivity contribution in [1.82, 2.24) is 30.8 Å². The van der Waals surface area contributed by atoms with Crippen molar-refractivity contribution in [3.8, 4) is 45.4 Å². The molecule has 12 heteroatoms.